The second-order valence-corrected chi connectivity index (χ2v) is 7.02. The van der Waals surface area contributed by atoms with Gasteiger partial charge in [-0.2, -0.15) is 17.4 Å². The predicted molar refractivity (Wildman–Crippen MR) is 75.9 cm³/mol. The van der Waals surface area contributed by atoms with E-state index < -0.39 is 22.1 Å². The fourth-order valence-corrected chi connectivity index (χ4v) is 3.88. The van der Waals surface area contributed by atoms with E-state index in [4.69, 9.17) is 9.52 Å². The number of aliphatic carboxylic acids is 1. The second-order valence-electron chi connectivity index (χ2n) is 5.32. The van der Waals surface area contributed by atoms with Gasteiger partial charge in [0.1, 0.15) is 5.76 Å². The molecule has 8 heteroatoms. The maximum Gasteiger partial charge on any atom is 0.306 e. The molecule has 0 saturated carbocycles. The third-order valence-corrected chi connectivity index (χ3v) is 5.33. The van der Waals surface area contributed by atoms with Crippen LogP contribution in [0.15, 0.2) is 22.8 Å². The van der Waals surface area contributed by atoms with Crippen LogP contribution in [-0.4, -0.2) is 42.9 Å². The van der Waals surface area contributed by atoms with E-state index in [1.165, 1.54) is 4.31 Å². The minimum absolute atomic E-state index is 0.236. The molecule has 1 atom stereocenters. The van der Waals surface area contributed by atoms with Crippen LogP contribution in [0.1, 0.15) is 25.5 Å². The summed E-state index contributed by atoms with van der Waals surface area (Å²) in [4.78, 5) is 10.9. The number of hydrogen-bond acceptors (Lipinski definition) is 4. The van der Waals surface area contributed by atoms with Gasteiger partial charge in [0, 0.05) is 25.6 Å². The van der Waals surface area contributed by atoms with Gasteiger partial charge in [-0.15, -0.1) is 0 Å². The Balaban J connectivity index is 1.88. The molecule has 1 saturated heterocycles. The molecule has 2 rings (SSSR count). The van der Waals surface area contributed by atoms with Gasteiger partial charge in [0.2, 0.25) is 0 Å². The van der Waals surface area contributed by atoms with E-state index in [-0.39, 0.29) is 19.1 Å². The Labute approximate surface area is 124 Å². The summed E-state index contributed by atoms with van der Waals surface area (Å²) in [5.41, 5.74) is 0. The Morgan fingerprint density at radius 3 is 2.71 bits per heavy atom. The zero-order valence-electron chi connectivity index (χ0n) is 11.9. The van der Waals surface area contributed by atoms with Crippen LogP contribution in [0, 0.1) is 5.92 Å². The zero-order chi connectivity index (χ0) is 15.5. The number of nitrogens with zero attached hydrogens (tertiary/aromatic N) is 1. The van der Waals surface area contributed by atoms with Crippen molar-refractivity contribution in [3.8, 4) is 0 Å². The second kappa shape index (κ2) is 6.59. The lowest BCUT2D eigenvalue weighted by atomic mass is 9.99. The first-order chi connectivity index (χ1) is 9.88. The highest BCUT2D eigenvalue weighted by Crippen LogP contribution is 2.19. The molecule has 0 radical (unpaired) electrons. The van der Waals surface area contributed by atoms with E-state index in [2.05, 4.69) is 4.72 Å². The van der Waals surface area contributed by atoms with Gasteiger partial charge < -0.3 is 9.52 Å². The molecule has 0 aliphatic carbocycles. The number of carboxylic acids is 1. The van der Waals surface area contributed by atoms with E-state index in [0.29, 0.717) is 19.3 Å². The maximum absolute atomic E-state index is 12.2. The van der Waals surface area contributed by atoms with Gasteiger partial charge in [-0.3, -0.25) is 4.79 Å². The minimum Gasteiger partial charge on any atom is -0.481 e. The normalized spacial score (nSPS) is 19.5. The summed E-state index contributed by atoms with van der Waals surface area (Å²) in [5.74, 6) is -0.585. The lowest BCUT2D eigenvalue weighted by Crippen LogP contribution is -2.48. The van der Waals surface area contributed by atoms with Crippen molar-refractivity contribution in [2.75, 3.05) is 13.1 Å². The van der Waals surface area contributed by atoms with Crippen molar-refractivity contribution in [1.82, 2.24) is 9.03 Å². The number of hydrogen-bond donors (Lipinski definition) is 2. The van der Waals surface area contributed by atoms with E-state index in [9.17, 15) is 13.2 Å². The molecule has 0 aromatic carbocycles. The fraction of sp³-hybridized carbons (Fsp3) is 0.615. The largest absolute Gasteiger partial charge is 0.481 e. The van der Waals surface area contributed by atoms with Crippen molar-refractivity contribution in [1.29, 1.82) is 0 Å². The quantitative estimate of drug-likeness (QED) is 0.810. The molecule has 2 heterocycles. The molecular formula is C13H20N2O5S. The monoisotopic (exact) mass is 316 g/mol. The molecular weight excluding hydrogens is 296 g/mol. The molecule has 1 aliphatic heterocycles. The summed E-state index contributed by atoms with van der Waals surface area (Å²) in [6, 6.07) is 3.26. The first-order valence-electron chi connectivity index (χ1n) is 6.91. The lowest BCUT2D eigenvalue weighted by molar-refractivity contribution is -0.142. The number of piperidine rings is 1. The van der Waals surface area contributed by atoms with Crippen molar-refractivity contribution in [3.05, 3.63) is 24.2 Å². The van der Waals surface area contributed by atoms with E-state index in [0.717, 1.165) is 5.76 Å². The minimum atomic E-state index is -3.59. The fourth-order valence-electron chi connectivity index (χ4n) is 2.44. The zero-order valence-corrected chi connectivity index (χ0v) is 12.7. The molecule has 21 heavy (non-hydrogen) atoms. The molecule has 2 N–H and O–H groups in total. The third-order valence-electron chi connectivity index (χ3n) is 3.58. The SMILES string of the molecule is CC(Cc1ccco1)NS(=O)(=O)N1CCC(C(=O)O)CC1. The highest BCUT2D eigenvalue weighted by Gasteiger charge is 2.31. The summed E-state index contributed by atoms with van der Waals surface area (Å²) in [5, 5.41) is 8.92. The summed E-state index contributed by atoms with van der Waals surface area (Å²) in [7, 11) is -3.59. The van der Waals surface area contributed by atoms with E-state index >= 15 is 0 Å². The molecule has 118 valence electrons. The van der Waals surface area contributed by atoms with Gasteiger partial charge in [-0.05, 0) is 31.9 Å². The molecule has 0 spiro atoms. The molecule has 1 fully saturated rings. The van der Waals surface area contributed by atoms with Gasteiger partial charge in [0.05, 0.1) is 12.2 Å². The van der Waals surface area contributed by atoms with Gasteiger partial charge in [0.25, 0.3) is 10.2 Å². The van der Waals surface area contributed by atoms with Crippen LogP contribution >= 0.6 is 0 Å². The Morgan fingerprint density at radius 1 is 1.52 bits per heavy atom. The Kier molecular flexibility index (Phi) is 5.02. The van der Waals surface area contributed by atoms with E-state index in [1.54, 1.807) is 25.3 Å². The summed E-state index contributed by atoms with van der Waals surface area (Å²) >= 11 is 0. The Hall–Kier alpha value is -1.38. The smallest absolute Gasteiger partial charge is 0.306 e. The van der Waals surface area contributed by atoms with Crippen molar-refractivity contribution < 1.29 is 22.7 Å². The first-order valence-corrected chi connectivity index (χ1v) is 8.35. The summed E-state index contributed by atoms with van der Waals surface area (Å²) in [6.07, 6.45) is 2.72. The first kappa shape index (κ1) is 16.0. The summed E-state index contributed by atoms with van der Waals surface area (Å²) < 4.78 is 33.6. The third kappa shape index (κ3) is 4.29. The topological polar surface area (TPSA) is 99.9 Å². The highest BCUT2D eigenvalue weighted by molar-refractivity contribution is 7.87. The van der Waals surface area contributed by atoms with Gasteiger partial charge in [-0.25, -0.2) is 0 Å². The molecule has 0 bridgehead atoms. The molecule has 7 nitrogen and oxygen atoms in total. The molecule has 1 aromatic heterocycles. The van der Waals surface area contributed by atoms with Crippen molar-refractivity contribution in [2.45, 2.75) is 32.2 Å². The van der Waals surface area contributed by atoms with Crippen LogP contribution in [0.3, 0.4) is 0 Å². The lowest BCUT2D eigenvalue weighted by Gasteiger charge is -2.30. The molecule has 1 aliphatic rings. The Bertz CT molecular complexity index is 561. The van der Waals surface area contributed by atoms with Crippen LogP contribution < -0.4 is 4.72 Å². The Morgan fingerprint density at radius 2 is 2.19 bits per heavy atom. The maximum atomic E-state index is 12.2. The number of rotatable bonds is 6. The number of carboxylic acid groups (broad SMARTS) is 1. The van der Waals surface area contributed by atoms with Crippen LogP contribution in [0.5, 0.6) is 0 Å². The van der Waals surface area contributed by atoms with Crippen LogP contribution in [0.25, 0.3) is 0 Å². The van der Waals surface area contributed by atoms with Crippen molar-refractivity contribution >= 4 is 16.2 Å². The van der Waals surface area contributed by atoms with Crippen molar-refractivity contribution in [2.24, 2.45) is 5.92 Å². The molecule has 1 unspecified atom stereocenters. The number of nitrogens with one attached hydrogen (secondary N) is 1. The van der Waals surface area contributed by atoms with Crippen LogP contribution in [-0.2, 0) is 21.4 Å². The molecule has 1 aromatic rings. The predicted octanol–water partition coefficient (Wildman–Crippen LogP) is 0.842. The van der Waals surface area contributed by atoms with Crippen LogP contribution in [0.4, 0.5) is 0 Å². The van der Waals surface area contributed by atoms with Gasteiger partial charge in [-0.1, -0.05) is 0 Å². The number of carbonyl (C=O) groups is 1. The van der Waals surface area contributed by atoms with Gasteiger partial charge in [0.15, 0.2) is 0 Å². The van der Waals surface area contributed by atoms with Gasteiger partial charge >= 0.3 is 5.97 Å². The highest BCUT2D eigenvalue weighted by atomic mass is 32.2. The van der Waals surface area contributed by atoms with Crippen LogP contribution in [0.2, 0.25) is 0 Å². The van der Waals surface area contributed by atoms with Crippen molar-refractivity contribution in [3.63, 3.8) is 0 Å². The average Bonchev–Trinajstić information content (AvgIpc) is 2.90. The number of furan rings is 1. The summed E-state index contributed by atoms with van der Waals surface area (Å²) in [6.45, 7) is 2.24. The average molecular weight is 316 g/mol. The standard InChI is InChI=1S/C13H20N2O5S/c1-10(9-12-3-2-8-20-12)14-21(18,19)15-6-4-11(5-7-15)13(16)17/h2-3,8,10-11,14H,4-7,9H2,1H3,(H,16,17). The molecule has 0 amide bonds. The van der Waals surface area contributed by atoms with E-state index in [1.807, 2.05) is 0 Å².